The van der Waals surface area contributed by atoms with E-state index in [1.807, 2.05) is 0 Å². The predicted molar refractivity (Wildman–Crippen MR) is 83.0 cm³/mol. The molecule has 0 aromatic heterocycles. The van der Waals surface area contributed by atoms with Gasteiger partial charge >= 0.3 is 0 Å². The summed E-state index contributed by atoms with van der Waals surface area (Å²) in [5.41, 5.74) is 0.166. The molecule has 0 spiro atoms. The summed E-state index contributed by atoms with van der Waals surface area (Å²) in [6.45, 7) is 8.12. The molecule has 2 saturated heterocycles. The van der Waals surface area contributed by atoms with Gasteiger partial charge in [-0.2, -0.15) is 0 Å². The first-order valence-corrected chi connectivity index (χ1v) is 8.89. The molecule has 0 aromatic carbocycles. The molecule has 3 fully saturated rings. The topological polar surface area (TPSA) is 24.5 Å². The van der Waals surface area contributed by atoms with Crippen LogP contribution in [0.2, 0.25) is 0 Å². The van der Waals surface area contributed by atoms with Crippen molar-refractivity contribution in [2.75, 3.05) is 19.7 Å². The van der Waals surface area contributed by atoms with Gasteiger partial charge in [-0.1, -0.05) is 13.8 Å². The lowest BCUT2D eigenvalue weighted by Crippen LogP contribution is -2.54. The SMILES string of the molecule is CCC1(CC)CC(N2CCCC(NC3CC3)C2)CCO1. The van der Waals surface area contributed by atoms with Gasteiger partial charge in [-0.3, -0.25) is 4.90 Å². The predicted octanol–water partition coefficient (Wildman–Crippen LogP) is 2.94. The van der Waals surface area contributed by atoms with Crippen molar-refractivity contribution in [1.29, 1.82) is 0 Å². The van der Waals surface area contributed by atoms with Crippen molar-refractivity contribution in [3.63, 3.8) is 0 Å². The normalized spacial score (nSPS) is 35.1. The molecule has 2 heterocycles. The van der Waals surface area contributed by atoms with Crippen molar-refractivity contribution < 1.29 is 4.74 Å². The maximum absolute atomic E-state index is 6.14. The average Bonchev–Trinajstić information content (AvgIpc) is 3.31. The van der Waals surface area contributed by atoms with Gasteiger partial charge < -0.3 is 10.1 Å². The highest BCUT2D eigenvalue weighted by Crippen LogP contribution is 2.34. The molecule has 3 rings (SSSR count). The fourth-order valence-electron chi connectivity index (χ4n) is 4.11. The molecule has 0 amide bonds. The zero-order valence-electron chi connectivity index (χ0n) is 13.4. The van der Waals surface area contributed by atoms with Crippen molar-refractivity contribution in [3.05, 3.63) is 0 Å². The number of ether oxygens (including phenoxy) is 1. The highest BCUT2D eigenvalue weighted by atomic mass is 16.5. The summed E-state index contributed by atoms with van der Waals surface area (Å²) in [6.07, 6.45) is 10.4. The first-order valence-electron chi connectivity index (χ1n) is 8.89. The van der Waals surface area contributed by atoms with E-state index in [9.17, 15) is 0 Å². The van der Waals surface area contributed by atoms with E-state index in [2.05, 4.69) is 24.1 Å². The van der Waals surface area contributed by atoms with Gasteiger partial charge in [0.15, 0.2) is 0 Å². The number of nitrogens with one attached hydrogen (secondary N) is 1. The smallest absolute Gasteiger partial charge is 0.0692 e. The van der Waals surface area contributed by atoms with E-state index >= 15 is 0 Å². The molecule has 3 nitrogen and oxygen atoms in total. The van der Waals surface area contributed by atoms with Crippen molar-refractivity contribution >= 4 is 0 Å². The van der Waals surface area contributed by atoms with Gasteiger partial charge in [0, 0.05) is 31.3 Å². The quantitative estimate of drug-likeness (QED) is 0.838. The van der Waals surface area contributed by atoms with Gasteiger partial charge in [0.05, 0.1) is 5.60 Å². The minimum absolute atomic E-state index is 0.166. The lowest BCUT2D eigenvalue weighted by Gasteiger charge is -2.46. The molecule has 20 heavy (non-hydrogen) atoms. The van der Waals surface area contributed by atoms with Gasteiger partial charge in [-0.05, 0) is 57.9 Å². The van der Waals surface area contributed by atoms with Crippen LogP contribution in [-0.2, 0) is 4.74 Å². The van der Waals surface area contributed by atoms with Crippen LogP contribution in [0.15, 0.2) is 0 Å². The number of piperidine rings is 1. The van der Waals surface area contributed by atoms with E-state index in [1.54, 1.807) is 0 Å². The molecular weight excluding hydrogens is 248 g/mol. The largest absolute Gasteiger partial charge is 0.375 e. The Morgan fingerprint density at radius 2 is 1.90 bits per heavy atom. The van der Waals surface area contributed by atoms with Crippen molar-refractivity contribution in [1.82, 2.24) is 10.2 Å². The van der Waals surface area contributed by atoms with Crippen molar-refractivity contribution in [2.24, 2.45) is 0 Å². The molecule has 1 N–H and O–H groups in total. The summed E-state index contributed by atoms with van der Waals surface area (Å²) in [7, 11) is 0. The minimum atomic E-state index is 0.166. The molecule has 3 heteroatoms. The van der Waals surface area contributed by atoms with Crippen LogP contribution in [0.3, 0.4) is 0 Å². The third-order valence-electron chi connectivity index (χ3n) is 5.77. The van der Waals surface area contributed by atoms with Crippen LogP contribution < -0.4 is 5.32 Å². The van der Waals surface area contributed by atoms with E-state index in [4.69, 9.17) is 4.74 Å². The fraction of sp³-hybridized carbons (Fsp3) is 1.00. The Balaban J connectivity index is 1.56. The lowest BCUT2D eigenvalue weighted by molar-refractivity contribution is -0.113. The van der Waals surface area contributed by atoms with Crippen LogP contribution >= 0.6 is 0 Å². The second-order valence-electron chi connectivity index (χ2n) is 7.16. The summed E-state index contributed by atoms with van der Waals surface area (Å²) in [4.78, 5) is 2.77. The maximum Gasteiger partial charge on any atom is 0.0692 e. The molecule has 1 saturated carbocycles. The standard InChI is InChI=1S/C17H32N2O/c1-3-17(4-2)12-16(9-11-20-17)19-10-5-6-15(13-19)18-14-7-8-14/h14-16,18H,3-13H2,1-2H3. The van der Waals surface area contributed by atoms with Crippen molar-refractivity contribution in [2.45, 2.75) is 88.9 Å². The third kappa shape index (κ3) is 3.37. The fourth-order valence-corrected chi connectivity index (χ4v) is 4.11. The van der Waals surface area contributed by atoms with Crippen LogP contribution in [0.5, 0.6) is 0 Å². The molecule has 0 aromatic rings. The number of hydrogen-bond acceptors (Lipinski definition) is 3. The third-order valence-corrected chi connectivity index (χ3v) is 5.77. The summed E-state index contributed by atoms with van der Waals surface area (Å²) in [5, 5.41) is 3.84. The summed E-state index contributed by atoms with van der Waals surface area (Å²) in [5.74, 6) is 0. The zero-order chi connectivity index (χ0) is 14.0. The van der Waals surface area contributed by atoms with E-state index in [0.29, 0.717) is 0 Å². The number of rotatable bonds is 5. The van der Waals surface area contributed by atoms with Gasteiger partial charge in [0.1, 0.15) is 0 Å². The lowest BCUT2D eigenvalue weighted by atomic mass is 9.84. The Kier molecular flexibility index (Phi) is 4.68. The van der Waals surface area contributed by atoms with Gasteiger partial charge in [0.2, 0.25) is 0 Å². The minimum Gasteiger partial charge on any atom is -0.375 e. The highest BCUT2D eigenvalue weighted by Gasteiger charge is 2.38. The van der Waals surface area contributed by atoms with Crippen LogP contribution in [-0.4, -0.2) is 48.3 Å². The first-order chi connectivity index (χ1) is 9.74. The summed E-state index contributed by atoms with van der Waals surface area (Å²) < 4.78 is 6.14. The number of likely N-dealkylation sites (tertiary alicyclic amines) is 1. The van der Waals surface area contributed by atoms with Crippen LogP contribution in [0.25, 0.3) is 0 Å². The molecule has 2 atom stereocenters. The van der Waals surface area contributed by atoms with E-state index in [1.165, 1.54) is 51.6 Å². The van der Waals surface area contributed by atoms with Gasteiger partial charge in [-0.15, -0.1) is 0 Å². The van der Waals surface area contributed by atoms with Crippen molar-refractivity contribution in [3.8, 4) is 0 Å². The first kappa shape index (κ1) is 14.8. The number of hydrogen-bond donors (Lipinski definition) is 1. The monoisotopic (exact) mass is 280 g/mol. The van der Waals surface area contributed by atoms with Crippen LogP contribution in [0.4, 0.5) is 0 Å². The Bertz CT molecular complexity index is 312. The highest BCUT2D eigenvalue weighted by molar-refractivity contribution is 4.93. The van der Waals surface area contributed by atoms with Gasteiger partial charge in [0.25, 0.3) is 0 Å². The number of nitrogens with zero attached hydrogens (tertiary/aromatic N) is 1. The molecule has 2 aliphatic heterocycles. The Morgan fingerprint density at radius 1 is 1.10 bits per heavy atom. The average molecular weight is 280 g/mol. The van der Waals surface area contributed by atoms with Gasteiger partial charge in [-0.25, -0.2) is 0 Å². The molecule has 0 radical (unpaired) electrons. The second-order valence-corrected chi connectivity index (χ2v) is 7.16. The molecular formula is C17H32N2O. The molecule has 2 unspecified atom stereocenters. The van der Waals surface area contributed by atoms with E-state index < -0.39 is 0 Å². The van der Waals surface area contributed by atoms with Crippen LogP contribution in [0.1, 0.15) is 65.2 Å². The Morgan fingerprint density at radius 3 is 2.60 bits per heavy atom. The molecule has 116 valence electrons. The Hall–Kier alpha value is -0.120. The molecule has 1 aliphatic carbocycles. The Labute approximate surface area is 124 Å². The molecule has 3 aliphatic rings. The van der Waals surface area contributed by atoms with Crippen LogP contribution in [0, 0.1) is 0 Å². The summed E-state index contributed by atoms with van der Waals surface area (Å²) in [6, 6.07) is 2.35. The zero-order valence-corrected chi connectivity index (χ0v) is 13.4. The molecule has 0 bridgehead atoms. The summed E-state index contributed by atoms with van der Waals surface area (Å²) >= 11 is 0. The second kappa shape index (κ2) is 6.33. The maximum atomic E-state index is 6.14. The van der Waals surface area contributed by atoms with E-state index in [-0.39, 0.29) is 5.60 Å². The van der Waals surface area contributed by atoms with E-state index in [0.717, 1.165) is 37.6 Å².